The van der Waals surface area contributed by atoms with Crippen molar-refractivity contribution in [3.8, 4) is 5.69 Å². The van der Waals surface area contributed by atoms with Crippen LogP contribution >= 0.6 is 23.4 Å². The topological polar surface area (TPSA) is 72.7 Å². The van der Waals surface area contributed by atoms with Crippen LogP contribution in [0.15, 0.2) is 47.6 Å². The van der Waals surface area contributed by atoms with Crippen molar-refractivity contribution in [1.29, 1.82) is 0 Å². The first-order valence-corrected chi connectivity index (χ1v) is 8.94. The minimum atomic E-state index is -0.144. The Bertz CT molecular complexity index is 912. The van der Waals surface area contributed by atoms with Crippen molar-refractivity contribution in [3.63, 3.8) is 0 Å². The molecule has 25 heavy (non-hydrogen) atoms. The summed E-state index contributed by atoms with van der Waals surface area (Å²) in [7, 11) is 0. The Morgan fingerprint density at radius 3 is 2.80 bits per heavy atom. The number of aromatic nitrogens is 4. The van der Waals surface area contributed by atoms with Crippen molar-refractivity contribution >= 4 is 35.0 Å². The Kier molecular flexibility index (Phi) is 5.35. The van der Waals surface area contributed by atoms with E-state index in [4.69, 9.17) is 11.6 Å². The van der Waals surface area contributed by atoms with Gasteiger partial charge in [0, 0.05) is 10.7 Å². The molecule has 0 saturated heterocycles. The second kappa shape index (κ2) is 7.67. The Morgan fingerprint density at radius 1 is 1.20 bits per heavy atom. The fraction of sp³-hybridized carbons (Fsp3) is 0.176. The fourth-order valence-electron chi connectivity index (χ4n) is 2.27. The third-order valence-electron chi connectivity index (χ3n) is 3.59. The number of anilines is 1. The van der Waals surface area contributed by atoms with Gasteiger partial charge in [-0.05, 0) is 53.6 Å². The lowest BCUT2D eigenvalue weighted by Gasteiger charge is -2.09. The van der Waals surface area contributed by atoms with E-state index in [0.29, 0.717) is 15.9 Å². The number of nitrogens with one attached hydrogen (secondary N) is 1. The van der Waals surface area contributed by atoms with Crippen LogP contribution in [0.25, 0.3) is 5.69 Å². The largest absolute Gasteiger partial charge is 0.325 e. The van der Waals surface area contributed by atoms with Crippen molar-refractivity contribution in [3.05, 3.63) is 58.6 Å². The van der Waals surface area contributed by atoms with E-state index in [1.807, 2.05) is 44.2 Å². The van der Waals surface area contributed by atoms with Crippen LogP contribution in [-0.4, -0.2) is 31.9 Å². The van der Waals surface area contributed by atoms with Gasteiger partial charge in [-0.25, -0.2) is 0 Å². The summed E-state index contributed by atoms with van der Waals surface area (Å²) in [6.07, 6.45) is 0. The van der Waals surface area contributed by atoms with Crippen molar-refractivity contribution in [2.45, 2.75) is 19.0 Å². The SMILES string of the molecule is Cc1ccc(Cl)cc1NC(=O)CSc1nnnn1-c1ccccc1C. The number of benzene rings is 2. The van der Waals surface area contributed by atoms with Crippen LogP contribution in [0.1, 0.15) is 11.1 Å². The summed E-state index contributed by atoms with van der Waals surface area (Å²) in [6, 6.07) is 13.2. The first-order chi connectivity index (χ1) is 12.0. The van der Waals surface area contributed by atoms with Crippen LogP contribution in [-0.2, 0) is 4.79 Å². The highest BCUT2D eigenvalue weighted by Crippen LogP contribution is 2.22. The Hall–Kier alpha value is -2.38. The highest BCUT2D eigenvalue weighted by atomic mass is 35.5. The summed E-state index contributed by atoms with van der Waals surface area (Å²) in [6.45, 7) is 3.90. The molecule has 0 unspecified atom stereocenters. The van der Waals surface area contributed by atoms with Crippen molar-refractivity contribution in [2.75, 3.05) is 11.1 Å². The van der Waals surface area contributed by atoms with Gasteiger partial charge in [0.25, 0.3) is 0 Å². The summed E-state index contributed by atoms with van der Waals surface area (Å²) >= 11 is 7.25. The molecule has 1 amide bonds. The minimum Gasteiger partial charge on any atom is -0.325 e. The number of carbonyl (C=O) groups excluding carboxylic acids is 1. The first kappa shape index (κ1) is 17.4. The Balaban J connectivity index is 1.69. The predicted octanol–water partition coefficient (Wildman–Crippen LogP) is 3.66. The number of halogens is 1. The van der Waals surface area contributed by atoms with Gasteiger partial charge in [-0.3, -0.25) is 4.79 Å². The van der Waals surface area contributed by atoms with Crippen LogP contribution in [0.5, 0.6) is 0 Å². The molecule has 0 aliphatic carbocycles. The second-order valence-electron chi connectivity index (χ2n) is 5.46. The number of hydrogen-bond acceptors (Lipinski definition) is 5. The Labute approximate surface area is 154 Å². The van der Waals surface area contributed by atoms with E-state index in [9.17, 15) is 4.79 Å². The molecule has 0 atom stereocenters. The van der Waals surface area contributed by atoms with Gasteiger partial charge in [-0.1, -0.05) is 47.6 Å². The van der Waals surface area contributed by atoms with Gasteiger partial charge in [0.15, 0.2) is 0 Å². The van der Waals surface area contributed by atoms with E-state index in [-0.39, 0.29) is 11.7 Å². The zero-order valence-corrected chi connectivity index (χ0v) is 15.3. The monoisotopic (exact) mass is 373 g/mol. The van der Waals surface area contributed by atoms with Crippen molar-refractivity contribution < 1.29 is 4.79 Å². The van der Waals surface area contributed by atoms with E-state index in [0.717, 1.165) is 16.8 Å². The molecule has 128 valence electrons. The number of hydrogen-bond donors (Lipinski definition) is 1. The molecule has 0 aliphatic rings. The molecule has 0 aliphatic heterocycles. The van der Waals surface area contributed by atoms with Gasteiger partial charge in [0.05, 0.1) is 11.4 Å². The number of carbonyl (C=O) groups is 1. The number of tetrazole rings is 1. The molecule has 0 saturated carbocycles. The van der Waals surface area contributed by atoms with Gasteiger partial charge < -0.3 is 5.32 Å². The summed E-state index contributed by atoms with van der Waals surface area (Å²) in [5, 5.41) is 15.8. The van der Waals surface area contributed by atoms with Gasteiger partial charge in [0.2, 0.25) is 11.1 Å². The normalized spacial score (nSPS) is 10.7. The lowest BCUT2D eigenvalue weighted by Crippen LogP contribution is -2.15. The van der Waals surface area contributed by atoms with Crippen molar-refractivity contribution in [2.24, 2.45) is 0 Å². The molecule has 0 bridgehead atoms. The highest BCUT2D eigenvalue weighted by Gasteiger charge is 2.13. The predicted molar refractivity (Wildman–Crippen MR) is 99.4 cm³/mol. The smallest absolute Gasteiger partial charge is 0.234 e. The third kappa shape index (κ3) is 4.18. The molecule has 3 aromatic rings. The van der Waals surface area contributed by atoms with E-state index in [1.54, 1.807) is 16.8 Å². The zero-order valence-electron chi connectivity index (χ0n) is 13.7. The minimum absolute atomic E-state index is 0.144. The number of nitrogens with zero attached hydrogens (tertiary/aromatic N) is 4. The molecule has 8 heteroatoms. The molecule has 2 aromatic carbocycles. The molecular weight excluding hydrogens is 358 g/mol. The molecule has 1 N–H and O–H groups in total. The number of para-hydroxylation sites is 1. The fourth-order valence-corrected chi connectivity index (χ4v) is 3.12. The molecule has 1 aromatic heterocycles. The molecule has 0 spiro atoms. The van der Waals surface area contributed by atoms with E-state index in [2.05, 4.69) is 20.8 Å². The number of rotatable bonds is 5. The van der Waals surface area contributed by atoms with E-state index < -0.39 is 0 Å². The summed E-state index contributed by atoms with van der Waals surface area (Å²) in [5.41, 5.74) is 3.60. The first-order valence-electron chi connectivity index (χ1n) is 7.58. The van der Waals surface area contributed by atoms with Gasteiger partial charge in [-0.2, -0.15) is 4.68 Å². The zero-order chi connectivity index (χ0) is 17.8. The highest BCUT2D eigenvalue weighted by molar-refractivity contribution is 7.99. The average molecular weight is 374 g/mol. The molecule has 0 radical (unpaired) electrons. The lowest BCUT2D eigenvalue weighted by molar-refractivity contribution is -0.113. The van der Waals surface area contributed by atoms with E-state index >= 15 is 0 Å². The maximum atomic E-state index is 12.2. The maximum absolute atomic E-state index is 12.2. The molecule has 0 fully saturated rings. The van der Waals surface area contributed by atoms with Crippen LogP contribution in [0.3, 0.4) is 0 Å². The average Bonchev–Trinajstić information content (AvgIpc) is 3.05. The maximum Gasteiger partial charge on any atom is 0.234 e. The second-order valence-corrected chi connectivity index (χ2v) is 6.83. The van der Waals surface area contributed by atoms with Gasteiger partial charge >= 0.3 is 0 Å². The van der Waals surface area contributed by atoms with Gasteiger partial charge in [-0.15, -0.1) is 5.10 Å². The lowest BCUT2D eigenvalue weighted by atomic mass is 10.2. The van der Waals surface area contributed by atoms with Crippen molar-refractivity contribution in [1.82, 2.24) is 20.2 Å². The molecular formula is C17H16ClN5OS. The molecule has 6 nitrogen and oxygen atoms in total. The van der Waals surface area contributed by atoms with Crippen LogP contribution in [0, 0.1) is 13.8 Å². The summed E-state index contributed by atoms with van der Waals surface area (Å²) in [4.78, 5) is 12.2. The summed E-state index contributed by atoms with van der Waals surface area (Å²) in [5.74, 6) is 0.0489. The van der Waals surface area contributed by atoms with E-state index in [1.165, 1.54) is 11.8 Å². The summed E-state index contributed by atoms with van der Waals surface area (Å²) < 4.78 is 1.64. The van der Waals surface area contributed by atoms with Gasteiger partial charge in [0.1, 0.15) is 0 Å². The molecule has 1 heterocycles. The number of aryl methyl sites for hydroxylation is 2. The Morgan fingerprint density at radius 2 is 2.00 bits per heavy atom. The number of thioether (sulfide) groups is 1. The van der Waals surface area contributed by atoms with Crippen LogP contribution in [0.2, 0.25) is 5.02 Å². The quantitative estimate of drug-likeness (QED) is 0.691. The standard InChI is InChI=1S/C17H16ClN5OS/c1-11-7-8-13(18)9-14(11)19-16(24)10-25-17-20-21-22-23(17)15-6-4-3-5-12(15)2/h3-9H,10H2,1-2H3,(H,19,24). The third-order valence-corrected chi connectivity index (χ3v) is 4.75. The number of amides is 1. The van der Waals surface area contributed by atoms with Crippen LogP contribution < -0.4 is 5.32 Å². The molecule has 3 rings (SSSR count). The van der Waals surface area contributed by atoms with Crippen LogP contribution in [0.4, 0.5) is 5.69 Å².